The van der Waals surface area contributed by atoms with Crippen LogP contribution in [-0.2, 0) is 19.1 Å². The molecule has 30 heavy (non-hydrogen) atoms. The minimum absolute atomic E-state index is 0.0471. The van der Waals surface area contributed by atoms with Crippen LogP contribution in [0.25, 0.3) is 0 Å². The number of rotatable bonds is 10. The van der Waals surface area contributed by atoms with E-state index in [-0.39, 0.29) is 25.4 Å². The molecule has 0 saturated carbocycles. The summed E-state index contributed by atoms with van der Waals surface area (Å²) in [7, 11) is 1.51. The summed E-state index contributed by atoms with van der Waals surface area (Å²) in [6, 6.07) is 14.8. The van der Waals surface area contributed by atoms with E-state index in [4.69, 9.17) is 14.2 Å². The van der Waals surface area contributed by atoms with Gasteiger partial charge >= 0.3 is 11.9 Å². The summed E-state index contributed by atoms with van der Waals surface area (Å²) in [6.45, 7) is 3.02. The van der Waals surface area contributed by atoms with Crippen molar-refractivity contribution in [2.24, 2.45) is 0 Å². The van der Waals surface area contributed by atoms with Gasteiger partial charge in [0.05, 0.1) is 20.3 Å². The van der Waals surface area contributed by atoms with E-state index in [0.29, 0.717) is 16.9 Å². The summed E-state index contributed by atoms with van der Waals surface area (Å²) in [5, 5.41) is 11.3. The Morgan fingerprint density at radius 1 is 0.900 bits per heavy atom. The number of hydrogen-bond donors (Lipinski definition) is 1. The van der Waals surface area contributed by atoms with E-state index in [9.17, 15) is 19.5 Å². The molecule has 0 aliphatic heterocycles. The smallest absolute Gasteiger partial charge is 0.350 e. The van der Waals surface area contributed by atoms with Crippen LogP contribution < -0.4 is 4.74 Å². The van der Waals surface area contributed by atoms with Crippen LogP contribution in [0.3, 0.4) is 0 Å². The van der Waals surface area contributed by atoms with Crippen LogP contribution in [0.1, 0.15) is 42.1 Å². The molecule has 0 aliphatic carbocycles. The second kappa shape index (κ2) is 10.5. The van der Waals surface area contributed by atoms with Gasteiger partial charge in [-0.25, -0.2) is 9.59 Å². The molecule has 0 saturated heterocycles. The van der Waals surface area contributed by atoms with Crippen molar-refractivity contribution in [3.8, 4) is 5.75 Å². The van der Waals surface area contributed by atoms with Gasteiger partial charge in [0, 0.05) is 17.9 Å². The fourth-order valence-electron chi connectivity index (χ4n) is 3.12. The van der Waals surface area contributed by atoms with E-state index in [1.54, 1.807) is 68.4 Å². The quantitative estimate of drug-likeness (QED) is 0.362. The Balaban J connectivity index is 2.49. The zero-order valence-electron chi connectivity index (χ0n) is 17.3. The van der Waals surface area contributed by atoms with Gasteiger partial charge in [0.1, 0.15) is 5.75 Å². The minimum atomic E-state index is -2.67. The highest BCUT2D eigenvalue weighted by atomic mass is 16.6. The highest BCUT2D eigenvalue weighted by Gasteiger charge is 2.54. The molecule has 2 aromatic rings. The van der Waals surface area contributed by atoms with Crippen molar-refractivity contribution in [1.29, 1.82) is 0 Å². The average Bonchev–Trinajstić information content (AvgIpc) is 2.77. The van der Waals surface area contributed by atoms with Crippen molar-refractivity contribution in [3.63, 3.8) is 0 Å². The molecular weight excluding hydrogens is 388 g/mol. The fraction of sp³-hybridized carbons (Fsp3) is 0.348. The molecule has 0 spiro atoms. The van der Waals surface area contributed by atoms with Gasteiger partial charge in [0.15, 0.2) is 5.78 Å². The molecular formula is C23H26O7. The Bertz CT molecular complexity index is 841. The van der Waals surface area contributed by atoms with Gasteiger partial charge in [0.2, 0.25) is 0 Å². The molecule has 0 bridgehead atoms. The summed E-state index contributed by atoms with van der Waals surface area (Å²) in [5.74, 6) is -3.29. The van der Waals surface area contributed by atoms with Crippen LogP contribution in [-0.4, -0.2) is 48.8 Å². The van der Waals surface area contributed by atoms with E-state index in [1.807, 2.05) is 0 Å². The van der Waals surface area contributed by atoms with E-state index in [1.165, 1.54) is 7.11 Å². The predicted octanol–water partition coefficient (Wildman–Crippen LogP) is 2.91. The summed E-state index contributed by atoms with van der Waals surface area (Å²) >= 11 is 0. The van der Waals surface area contributed by atoms with Crippen molar-refractivity contribution in [2.45, 2.75) is 31.8 Å². The van der Waals surface area contributed by atoms with Gasteiger partial charge in [-0.3, -0.25) is 4.79 Å². The van der Waals surface area contributed by atoms with E-state index in [2.05, 4.69) is 0 Å². The first-order valence-corrected chi connectivity index (χ1v) is 9.67. The number of Topliss-reactive ketones (excluding diaryl/α,β-unsaturated/α-hetero) is 1. The lowest BCUT2D eigenvalue weighted by Gasteiger charge is -2.32. The molecule has 0 aromatic heterocycles. The van der Waals surface area contributed by atoms with Crippen molar-refractivity contribution in [1.82, 2.24) is 0 Å². The molecule has 1 unspecified atom stereocenters. The fourth-order valence-corrected chi connectivity index (χ4v) is 3.12. The molecule has 0 amide bonds. The average molecular weight is 414 g/mol. The SMILES string of the molecule is CCOC(=O)C(O)(C(=O)OCC)C(CC(=O)c1ccc(OC)cc1)c1ccccc1. The molecule has 7 heteroatoms. The van der Waals surface area contributed by atoms with Crippen molar-refractivity contribution in [2.75, 3.05) is 20.3 Å². The van der Waals surface area contributed by atoms with Crippen LogP contribution in [0.15, 0.2) is 54.6 Å². The molecule has 0 fully saturated rings. The predicted molar refractivity (Wildman–Crippen MR) is 109 cm³/mol. The Hall–Kier alpha value is -3.19. The topological polar surface area (TPSA) is 99.1 Å². The summed E-state index contributed by atoms with van der Waals surface area (Å²) in [6.07, 6.45) is -0.315. The van der Waals surface area contributed by atoms with Crippen LogP contribution in [0.4, 0.5) is 0 Å². The monoisotopic (exact) mass is 414 g/mol. The molecule has 160 valence electrons. The first-order chi connectivity index (χ1) is 14.4. The normalized spacial score (nSPS) is 12.0. The maximum Gasteiger partial charge on any atom is 0.350 e. The Morgan fingerprint density at radius 3 is 1.90 bits per heavy atom. The minimum Gasteiger partial charge on any atom is -0.497 e. The molecule has 0 heterocycles. The van der Waals surface area contributed by atoms with E-state index in [0.717, 1.165) is 0 Å². The third kappa shape index (κ3) is 5.04. The number of esters is 2. The lowest BCUT2D eigenvalue weighted by Crippen LogP contribution is -2.54. The summed E-state index contributed by atoms with van der Waals surface area (Å²) in [4.78, 5) is 38.4. The van der Waals surface area contributed by atoms with Gasteiger partial charge in [-0.05, 0) is 43.7 Å². The largest absolute Gasteiger partial charge is 0.497 e. The number of methoxy groups -OCH3 is 1. The van der Waals surface area contributed by atoms with Crippen LogP contribution in [0.2, 0.25) is 0 Å². The zero-order valence-corrected chi connectivity index (χ0v) is 17.3. The van der Waals surface area contributed by atoms with E-state index >= 15 is 0 Å². The Kier molecular flexibility index (Phi) is 8.12. The number of carbonyl (C=O) groups is 3. The van der Waals surface area contributed by atoms with Gasteiger partial charge in [-0.15, -0.1) is 0 Å². The second-order valence-corrected chi connectivity index (χ2v) is 6.53. The molecule has 1 N–H and O–H groups in total. The molecule has 2 aromatic carbocycles. The maximum atomic E-state index is 13.0. The molecule has 2 rings (SSSR count). The number of ether oxygens (including phenoxy) is 3. The molecule has 0 radical (unpaired) electrons. The number of carbonyl (C=O) groups excluding carboxylic acids is 3. The number of hydrogen-bond acceptors (Lipinski definition) is 7. The molecule has 7 nitrogen and oxygen atoms in total. The first-order valence-electron chi connectivity index (χ1n) is 9.67. The number of benzene rings is 2. The van der Waals surface area contributed by atoms with Crippen molar-refractivity contribution >= 4 is 17.7 Å². The molecule has 0 aliphatic rings. The van der Waals surface area contributed by atoms with Crippen LogP contribution in [0.5, 0.6) is 5.75 Å². The highest BCUT2D eigenvalue weighted by molar-refractivity contribution is 6.06. The third-order valence-electron chi connectivity index (χ3n) is 4.68. The first kappa shape index (κ1) is 23.1. The summed E-state index contributed by atoms with van der Waals surface area (Å²) in [5.41, 5.74) is -1.88. The Morgan fingerprint density at radius 2 is 1.43 bits per heavy atom. The van der Waals surface area contributed by atoms with Crippen molar-refractivity contribution < 1.29 is 33.7 Å². The number of aliphatic hydroxyl groups is 1. The van der Waals surface area contributed by atoms with E-state index < -0.39 is 23.5 Å². The van der Waals surface area contributed by atoms with Gasteiger partial charge in [-0.1, -0.05) is 30.3 Å². The van der Waals surface area contributed by atoms with Gasteiger partial charge < -0.3 is 19.3 Å². The maximum absolute atomic E-state index is 13.0. The van der Waals surface area contributed by atoms with Crippen molar-refractivity contribution in [3.05, 3.63) is 65.7 Å². The van der Waals surface area contributed by atoms with Crippen LogP contribution >= 0.6 is 0 Å². The Labute approximate surface area is 175 Å². The van der Waals surface area contributed by atoms with Gasteiger partial charge in [-0.2, -0.15) is 0 Å². The number of ketones is 1. The standard InChI is InChI=1S/C23H26O7/c1-4-29-21(25)23(27,22(26)30-5-2)19(16-9-7-6-8-10-16)15-20(24)17-11-13-18(28-3)14-12-17/h6-14,19,27H,4-5,15H2,1-3H3. The lowest BCUT2D eigenvalue weighted by atomic mass is 9.77. The highest BCUT2D eigenvalue weighted by Crippen LogP contribution is 2.35. The second-order valence-electron chi connectivity index (χ2n) is 6.53. The van der Waals surface area contributed by atoms with Crippen LogP contribution in [0, 0.1) is 0 Å². The lowest BCUT2D eigenvalue weighted by molar-refractivity contribution is -0.186. The third-order valence-corrected chi connectivity index (χ3v) is 4.68. The zero-order chi connectivity index (χ0) is 22.1. The van der Waals surface area contributed by atoms with Gasteiger partial charge in [0.25, 0.3) is 5.60 Å². The summed E-state index contributed by atoms with van der Waals surface area (Å²) < 4.78 is 15.1. The molecule has 1 atom stereocenters.